The van der Waals surface area contributed by atoms with E-state index in [0.717, 1.165) is 18.4 Å². The van der Waals surface area contributed by atoms with Crippen LogP contribution in [0.3, 0.4) is 0 Å². The number of carbonyl (C=O) groups excluding carboxylic acids is 1. The molecule has 4 heteroatoms. The molecular formula is C14H15F3O. The fourth-order valence-corrected chi connectivity index (χ4v) is 2.48. The quantitative estimate of drug-likeness (QED) is 0.726. The number of aryl methyl sites for hydroxylation is 1. The molecule has 1 aliphatic carbocycles. The largest absolute Gasteiger partial charge is 0.389 e. The van der Waals surface area contributed by atoms with Crippen molar-refractivity contribution < 1.29 is 18.0 Å². The second-order valence-corrected chi connectivity index (χ2v) is 4.76. The summed E-state index contributed by atoms with van der Waals surface area (Å²) in [5.41, 5.74) is 1.58. The lowest BCUT2D eigenvalue weighted by Gasteiger charge is -2.14. The Labute approximate surface area is 104 Å². The van der Waals surface area contributed by atoms with E-state index in [1.54, 1.807) is 12.1 Å². The van der Waals surface area contributed by atoms with Gasteiger partial charge in [0.2, 0.25) is 0 Å². The van der Waals surface area contributed by atoms with Gasteiger partial charge in [-0.25, -0.2) is 0 Å². The van der Waals surface area contributed by atoms with Crippen LogP contribution in [0.15, 0.2) is 24.3 Å². The molecule has 1 aromatic rings. The molecule has 1 atom stereocenters. The number of hydrogen-bond acceptors (Lipinski definition) is 1. The van der Waals surface area contributed by atoms with Gasteiger partial charge in [-0.2, -0.15) is 13.2 Å². The van der Waals surface area contributed by atoms with Crippen LogP contribution in [0, 0.1) is 5.92 Å². The lowest BCUT2D eigenvalue weighted by Crippen LogP contribution is -2.18. The average Bonchev–Trinajstić information content (AvgIpc) is 2.46. The van der Waals surface area contributed by atoms with Crippen LogP contribution in [0.4, 0.5) is 13.2 Å². The monoisotopic (exact) mass is 256 g/mol. The Morgan fingerprint density at radius 1 is 1.22 bits per heavy atom. The zero-order valence-corrected chi connectivity index (χ0v) is 9.96. The molecule has 0 saturated heterocycles. The lowest BCUT2D eigenvalue weighted by atomic mass is 9.91. The Morgan fingerprint density at radius 2 is 1.94 bits per heavy atom. The van der Waals surface area contributed by atoms with Gasteiger partial charge in [-0.15, -0.1) is 0 Å². The van der Waals surface area contributed by atoms with Crippen molar-refractivity contribution in [2.24, 2.45) is 5.92 Å². The summed E-state index contributed by atoms with van der Waals surface area (Å²) in [6, 6.07) is 7.24. The highest BCUT2D eigenvalue weighted by Crippen LogP contribution is 2.31. The maximum Gasteiger partial charge on any atom is 0.389 e. The van der Waals surface area contributed by atoms with Crippen molar-refractivity contribution in [1.29, 1.82) is 0 Å². The highest BCUT2D eigenvalue weighted by molar-refractivity contribution is 5.99. The van der Waals surface area contributed by atoms with Gasteiger partial charge in [0.05, 0.1) is 0 Å². The van der Waals surface area contributed by atoms with Gasteiger partial charge in [-0.3, -0.25) is 4.79 Å². The highest BCUT2D eigenvalue weighted by Gasteiger charge is 2.32. The zero-order chi connectivity index (χ0) is 13.2. The SMILES string of the molecule is O=C1c2ccccc2CCCC1CCC(F)(F)F. The molecule has 0 radical (unpaired) electrons. The fourth-order valence-electron chi connectivity index (χ4n) is 2.48. The summed E-state index contributed by atoms with van der Waals surface area (Å²) in [6.45, 7) is 0. The smallest absolute Gasteiger partial charge is 0.294 e. The first-order valence-electron chi connectivity index (χ1n) is 6.16. The summed E-state index contributed by atoms with van der Waals surface area (Å²) in [5.74, 6) is -0.595. The van der Waals surface area contributed by atoms with Gasteiger partial charge >= 0.3 is 6.18 Å². The third-order valence-corrected chi connectivity index (χ3v) is 3.43. The number of halogens is 3. The third-order valence-electron chi connectivity index (χ3n) is 3.43. The molecule has 18 heavy (non-hydrogen) atoms. The number of rotatable bonds is 2. The van der Waals surface area contributed by atoms with Gasteiger partial charge in [-0.1, -0.05) is 24.3 Å². The van der Waals surface area contributed by atoms with Crippen molar-refractivity contribution in [2.75, 3.05) is 0 Å². The second kappa shape index (κ2) is 5.12. The molecule has 0 aliphatic heterocycles. The van der Waals surface area contributed by atoms with E-state index in [9.17, 15) is 18.0 Å². The molecule has 0 fully saturated rings. The Hall–Kier alpha value is -1.32. The van der Waals surface area contributed by atoms with Gasteiger partial charge in [0.25, 0.3) is 0 Å². The molecule has 1 unspecified atom stereocenters. The topological polar surface area (TPSA) is 17.1 Å². The van der Waals surface area contributed by atoms with Crippen LogP contribution in [0.2, 0.25) is 0 Å². The summed E-state index contributed by atoms with van der Waals surface area (Å²) < 4.78 is 36.7. The molecule has 0 N–H and O–H groups in total. The van der Waals surface area contributed by atoms with Crippen LogP contribution < -0.4 is 0 Å². The third kappa shape index (κ3) is 3.12. The van der Waals surface area contributed by atoms with Crippen LogP contribution in [-0.2, 0) is 6.42 Å². The Kier molecular flexibility index (Phi) is 3.73. The fraction of sp³-hybridized carbons (Fsp3) is 0.500. The molecule has 0 saturated carbocycles. The minimum Gasteiger partial charge on any atom is -0.294 e. The first-order chi connectivity index (χ1) is 8.47. The standard InChI is InChI=1S/C14H15F3O/c15-14(16,17)9-8-11-6-3-5-10-4-1-2-7-12(10)13(11)18/h1-2,4,7,11H,3,5-6,8-9H2. The highest BCUT2D eigenvalue weighted by atomic mass is 19.4. The van der Waals surface area contributed by atoms with Crippen molar-refractivity contribution in [3.05, 3.63) is 35.4 Å². The first kappa shape index (κ1) is 13.1. The van der Waals surface area contributed by atoms with E-state index < -0.39 is 18.5 Å². The van der Waals surface area contributed by atoms with Crippen LogP contribution in [0.5, 0.6) is 0 Å². The van der Waals surface area contributed by atoms with E-state index in [1.165, 1.54) is 0 Å². The van der Waals surface area contributed by atoms with Crippen LogP contribution >= 0.6 is 0 Å². The summed E-state index contributed by atoms with van der Waals surface area (Å²) in [7, 11) is 0. The van der Waals surface area contributed by atoms with Gasteiger partial charge in [0, 0.05) is 17.9 Å². The van der Waals surface area contributed by atoms with Crippen LogP contribution in [0.25, 0.3) is 0 Å². The Bertz CT molecular complexity index is 437. The predicted molar refractivity (Wildman–Crippen MR) is 62.5 cm³/mol. The minimum absolute atomic E-state index is 0.0866. The van der Waals surface area contributed by atoms with Gasteiger partial charge in [-0.05, 0) is 31.2 Å². The second-order valence-electron chi connectivity index (χ2n) is 4.76. The van der Waals surface area contributed by atoms with Crippen molar-refractivity contribution in [1.82, 2.24) is 0 Å². The number of ketones is 1. The van der Waals surface area contributed by atoms with Gasteiger partial charge in [0.1, 0.15) is 0 Å². The molecule has 1 nitrogen and oxygen atoms in total. The molecule has 0 spiro atoms. The summed E-state index contributed by atoms with van der Waals surface area (Å²) in [4.78, 5) is 12.2. The molecular weight excluding hydrogens is 241 g/mol. The first-order valence-corrected chi connectivity index (χ1v) is 6.16. The molecule has 2 rings (SSSR count). The van der Waals surface area contributed by atoms with Crippen LogP contribution in [0.1, 0.15) is 41.6 Å². The average molecular weight is 256 g/mol. The molecule has 98 valence electrons. The van der Waals surface area contributed by atoms with Crippen molar-refractivity contribution >= 4 is 5.78 Å². The van der Waals surface area contributed by atoms with Crippen molar-refractivity contribution in [3.63, 3.8) is 0 Å². The Morgan fingerprint density at radius 3 is 2.67 bits per heavy atom. The number of fused-ring (bicyclic) bond motifs is 1. The normalized spacial score (nSPS) is 20.4. The predicted octanol–water partition coefficient (Wildman–Crippen LogP) is 4.16. The molecule has 0 heterocycles. The molecule has 0 aromatic heterocycles. The number of carbonyl (C=O) groups is 1. The minimum atomic E-state index is -4.17. The number of benzene rings is 1. The lowest BCUT2D eigenvalue weighted by molar-refractivity contribution is -0.136. The van der Waals surface area contributed by atoms with E-state index in [1.807, 2.05) is 12.1 Å². The summed E-state index contributed by atoms with van der Waals surface area (Å²) in [6.07, 6.45) is -3.01. The zero-order valence-electron chi connectivity index (χ0n) is 9.96. The number of Topliss-reactive ketones (excluding diaryl/α,β-unsaturated/α-hetero) is 1. The van der Waals surface area contributed by atoms with E-state index >= 15 is 0 Å². The number of hydrogen-bond donors (Lipinski definition) is 0. The van der Waals surface area contributed by atoms with Crippen LogP contribution in [-0.4, -0.2) is 12.0 Å². The van der Waals surface area contributed by atoms with E-state index in [-0.39, 0.29) is 12.2 Å². The number of alkyl halides is 3. The maximum atomic E-state index is 12.2. The molecule has 0 bridgehead atoms. The molecule has 1 aromatic carbocycles. The van der Waals surface area contributed by atoms with Crippen molar-refractivity contribution in [2.45, 2.75) is 38.3 Å². The van der Waals surface area contributed by atoms with Gasteiger partial charge in [0.15, 0.2) is 5.78 Å². The Balaban J connectivity index is 2.13. The maximum absolute atomic E-state index is 12.2. The van der Waals surface area contributed by atoms with E-state index in [4.69, 9.17) is 0 Å². The molecule has 0 amide bonds. The van der Waals surface area contributed by atoms with E-state index in [2.05, 4.69) is 0 Å². The van der Waals surface area contributed by atoms with Crippen molar-refractivity contribution in [3.8, 4) is 0 Å². The molecule has 1 aliphatic rings. The summed E-state index contributed by atoms with van der Waals surface area (Å²) >= 11 is 0. The van der Waals surface area contributed by atoms with E-state index in [0.29, 0.717) is 12.0 Å². The summed E-state index contributed by atoms with van der Waals surface area (Å²) in [5, 5.41) is 0. The van der Waals surface area contributed by atoms with Gasteiger partial charge < -0.3 is 0 Å².